The SMILES string of the molecule is Cc1nn(C)c2ncnc(NC3CCC4NNC(c5ccc(Cl)c(Cl)c5)C4C3)c12.Cl. The van der Waals surface area contributed by atoms with Gasteiger partial charge in [-0.3, -0.25) is 10.1 Å². The summed E-state index contributed by atoms with van der Waals surface area (Å²) in [6, 6.07) is 6.87. The van der Waals surface area contributed by atoms with Gasteiger partial charge in [-0.05, 0) is 49.8 Å². The molecule has 0 bridgehead atoms. The second kappa shape index (κ2) is 8.48. The van der Waals surface area contributed by atoms with Crippen LogP contribution in [0.1, 0.15) is 36.6 Å². The van der Waals surface area contributed by atoms with Gasteiger partial charge in [-0.15, -0.1) is 12.4 Å². The van der Waals surface area contributed by atoms with Gasteiger partial charge in [0.15, 0.2) is 5.65 Å². The van der Waals surface area contributed by atoms with E-state index < -0.39 is 0 Å². The predicted octanol–water partition coefficient (Wildman–Crippen LogP) is 4.20. The van der Waals surface area contributed by atoms with Gasteiger partial charge in [0, 0.05) is 19.1 Å². The molecule has 3 N–H and O–H groups in total. The van der Waals surface area contributed by atoms with Crippen molar-refractivity contribution >= 4 is 52.5 Å². The molecule has 1 saturated heterocycles. The lowest BCUT2D eigenvalue weighted by Gasteiger charge is -2.34. The molecule has 1 aliphatic heterocycles. The fourth-order valence-electron chi connectivity index (χ4n) is 4.80. The molecule has 4 unspecified atom stereocenters. The molecule has 4 atom stereocenters. The molecule has 7 nitrogen and oxygen atoms in total. The quantitative estimate of drug-likeness (QED) is 0.535. The fraction of sp³-hybridized carbons (Fsp3) is 0.450. The maximum Gasteiger partial charge on any atom is 0.163 e. The number of hydrogen-bond donors (Lipinski definition) is 3. The van der Waals surface area contributed by atoms with Crippen LogP contribution in [-0.4, -0.2) is 31.8 Å². The second-order valence-corrected chi connectivity index (χ2v) is 8.81. The van der Waals surface area contributed by atoms with Crippen LogP contribution in [0.3, 0.4) is 0 Å². The molecule has 0 amide bonds. The summed E-state index contributed by atoms with van der Waals surface area (Å²) in [6.45, 7) is 2.00. The molecule has 2 aromatic heterocycles. The number of aryl methyl sites for hydroxylation is 2. The minimum Gasteiger partial charge on any atom is -0.367 e. The van der Waals surface area contributed by atoms with Gasteiger partial charge in [0.1, 0.15) is 12.1 Å². The third kappa shape index (κ3) is 3.74. The van der Waals surface area contributed by atoms with E-state index in [2.05, 4.69) is 37.3 Å². The number of benzene rings is 1. The Morgan fingerprint density at radius 2 is 1.97 bits per heavy atom. The van der Waals surface area contributed by atoms with Crippen molar-refractivity contribution < 1.29 is 0 Å². The fourth-order valence-corrected chi connectivity index (χ4v) is 5.11. The summed E-state index contributed by atoms with van der Waals surface area (Å²) in [4.78, 5) is 8.90. The highest BCUT2D eigenvalue weighted by Gasteiger charge is 2.41. The third-order valence-corrected chi connectivity index (χ3v) is 6.93. The molecule has 160 valence electrons. The van der Waals surface area contributed by atoms with Crippen LogP contribution >= 0.6 is 35.6 Å². The zero-order chi connectivity index (χ0) is 20.1. The van der Waals surface area contributed by atoms with Crippen LogP contribution in [0.25, 0.3) is 11.0 Å². The largest absolute Gasteiger partial charge is 0.367 e. The Morgan fingerprint density at radius 1 is 1.13 bits per heavy atom. The predicted molar refractivity (Wildman–Crippen MR) is 122 cm³/mol. The van der Waals surface area contributed by atoms with Crippen LogP contribution in [0, 0.1) is 12.8 Å². The lowest BCUT2D eigenvalue weighted by atomic mass is 9.77. The lowest BCUT2D eigenvalue weighted by molar-refractivity contribution is 0.289. The summed E-state index contributed by atoms with van der Waals surface area (Å²) in [7, 11) is 1.91. The molecule has 2 fully saturated rings. The first-order valence-corrected chi connectivity index (χ1v) is 10.6. The Hall–Kier alpha value is -1.64. The number of hydrazine groups is 1. The normalized spacial score (nSPS) is 25.7. The highest BCUT2D eigenvalue weighted by atomic mass is 35.5. The second-order valence-electron chi connectivity index (χ2n) is 7.99. The van der Waals surface area contributed by atoms with Gasteiger partial charge in [-0.25, -0.2) is 15.4 Å². The molecule has 1 aliphatic carbocycles. The lowest BCUT2D eigenvalue weighted by Crippen LogP contribution is -2.39. The smallest absolute Gasteiger partial charge is 0.163 e. The molecule has 10 heteroatoms. The number of fused-ring (bicyclic) bond motifs is 2. The van der Waals surface area contributed by atoms with E-state index in [1.54, 1.807) is 11.0 Å². The molecular weight excluding hydrogens is 445 g/mol. The van der Waals surface area contributed by atoms with Gasteiger partial charge in [0.25, 0.3) is 0 Å². The summed E-state index contributed by atoms with van der Waals surface area (Å²) in [5.74, 6) is 1.32. The van der Waals surface area contributed by atoms with E-state index in [1.807, 2.05) is 26.1 Å². The van der Waals surface area contributed by atoms with Crippen molar-refractivity contribution in [3.05, 3.63) is 45.8 Å². The first-order valence-electron chi connectivity index (χ1n) is 9.88. The molecule has 3 heterocycles. The molecule has 30 heavy (non-hydrogen) atoms. The number of anilines is 1. The Labute approximate surface area is 191 Å². The highest BCUT2D eigenvalue weighted by Crippen LogP contribution is 2.40. The van der Waals surface area contributed by atoms with E-state index in [-0.39, 0.29) is 18.4 Å². The van der Waals surface area contributed by atoms with Crippen molar-refractivity contribution in [3.63, 3.8) is 0 Å². The molecule has 1 saturated carbocycles. The molecular formula is C20H24Cl3N7. The monoisotopic (exact) mass is 467 g/mol. The number of hydrogen-bond acceptors (Lipinski definition) is 6. The van der Waals surface area contributed by atoms with Gasteiger partial charge in [-0.2, -0.15) is 5.10 Å². The highest BCUT2D eigenvalue weighted by molar-refractivity contribution is 6.42. The van der Waals surface area contributed by atoms with E-state index in [9.17, 15) is 0 Å². The molecule has 3 aromatic rings. The van der Waals surface area contributed by atoms with E-state index in [1.165, 1.54) is 0 Å². The summed E-state index contributed by atoms with van der Waals surface area (Å²) < 4.78 is 1.81. The Morgan fingerprint density at radius 3 is 2.77 bits per heavy atom. The maximum atomic E-state index is 6.26. The number of aromatic nitrogens is 4. The van der Waals surface area contributed by atoms with Gasteiger partial charge < -0.3 is 5.32 Å². The van der Waals surface area contributed by atoms with Crippen molar-refractivity contribution in [2.24, 2.45) is 13.0 Å². The number of halogens is 3. The molecule has 1 aromatic carbocycles. The molecule has 2 aliphatic rings. The molecule has 0 radical (unpaired) electrons. The summed E-state index contributed by atoms with van der Waals surface area (Å²) in [5.41, 5.74) is 9.90. The van der Waals surface area contributed by atoms with Crippen LogP contribution < -0.4 is 16.2 Å². The number of nitrogens with one attached hydrogen (secondary N) is 3. The van der Waals surface area contributed by atoms with Gasteiger partial charge >= 0.3 is 0 Å². The minimum atomic E-state index is 0. The first kappa shape index (κ1) is 21.6. The van der Waals surface area contributed by atoms with E-state index in [0.29, 0.717) is 28.0 Å². The van der Waals surface area contributed by atoms with Crippen LogP contribution in [0.2, 0.25) is 10.0 Å². The Bertz CT molecular complexity index is 1070. The van der Waals surface area contributed by atoms with Crippen molar-refractivity contribution in [1.29, 1.82) is 0 Å². The van der Waals surface area contributed by atoms with Crippen molar-refractivity contribution in [3.8, 4) is 0 Å². The van der Waals surface area contributed by atoms with Crippen LogP contribution in [0.4, 0.5) is 5.82 Å². The van der Waals surface area contributed by atoms with Gasteiger partial charge in [0.2, 0.25) is 0 Å². The number of rotatable bonds is 3. The van der Waals surface area contributed by atoms with Crippen LogP contribution in [-0.2, 0) is 7.05 Å². The summed E-state index contributed by atoms with van der Waals surface area (Å²) >= 11 is 12.4. The Kier molecular flexibility index (Phi) is 6.10. The van der Waals surface area contributed by atoms with E-state index >= 15 is 0 Å². The summed E-state index contributed by atoms with van der Waals surface area (Å²) in [5, 5.41) is 10.3. The van der Waals surface area contributed by atoms with Crippen molar-refractivity contribution in [2.45, 2.75) is 44.3 Å². The Balaban J connectivity index is 0.00000218. The average molecular weight is 469 g/mol. The average Bonchev–Trinajstić information content (AvgIpc) is 3.25. The zero-order valence-electron chi connectivity index (χ0n) is 16.7. The third-order valence-electron chi connectivity index (χ3n) is 6.19. The maximum absolute atomic E-state index is 6.26. The standard InChI is InChI=1S/C20H23Cl2N7.ClH/c1-10-17-19(23-9-24-20(17)29(2)28-10)25-12-4-6-16-13(8-12)18(27-26-16)11-3-5-14(21)15(22)7-11;/h3,5,7,9,12-13,16,18,26-27H,4,6,8H2,1-2H3,(H,23,24,25);1H. The summed E-state index contributed by atoms with van der Waals surface area (Å²) in [6.07, 6.45) is 4.80. The zero-order valence-corrected chi connectivity index (χ0v) is 19.0. The van der Waals surface area contributed by atoms with E-state index in [4.69, 9.17) is 23.2 Å². The molecule has 5 rings (SSSR count). The van der Waals surface area contributed by atoms with Gasteiger partial charge in [0.05, 0.1) is 27.2 Å². The van der Waals surface area contributed by atoms with Crippen molar-refractivity contribution in [2.75, 3.05) is 5.32 Å². The van der Waals surface area contributed by atoms with Crippen LogP contribution in [0.15, 0.2) is 24.5 Å². The van der Waals surface area contributed by atoms with E-state index in [0.717, 1.165) is 47.4 Å². The first-order chi connectivity index (χ1) is 14.0. The topological polar surface area (TPSA) is 79.7 Å². The van der Waals surface area contributed by atoms with Gasteiger partial charge in [-0.1, -0.05) is 29.3 Å². The van der Waals surface area contributed by atoms with Crippen molar-refractivity contribution in [1.82, 2.24) is 30.6 Å². The molecule has 0 spiro atoms. The minimum absolute atomic E-state index is 0. The number of nitrogens with zero attached hydrogens (tertiary/aromatic N) is 4. The van der Waals surface area contributed by atoms with Crippen LogP contribution in [0.5, 0.6) is 0 Å².